The maximum atomic E-state index is 12.3. The monoisotopic (exact) mass is 315 g/mol. The third-order valence-corrected chi connectivity index (χ3v) is 4.77. The molecule has 0 bridgehead atoms. The molecule has 0 aliphatic rings. The van der Waals surface area contributed by atoms with Gasteiger partial charge >= 0.3 is 0 Å². The second kappa shape index (κ2) is 7.96. The van der Waals surface area contributed by atoms with E-state index >= 15 is 0 Å². The predicted molar refractivity (Wildman–Crippen MR) is 86.8 cm³/mol. The highest BCUT2D eigenvalue weighted by molar-refractivity contribution is 7.89. The number of hydrogen-bond acceptors (Lipinski definition) is 3. The summed E-state index contributed by atoms with van der Waals surface area (Å²) in [6.45, 7) is 12.3. The van der Waals surface area contributed by atoms with E-state index in [4.69, 9.17) is 0 Å². The summed E-state index contributed by atoms with van der Waals surface area (Å²) in [6.07, 6.45) is 2.57. The average Bonchev–Trinajstić information content (AvgIpc) is 2.80. The highest BCUT2D eigenvalue weighted by Crippen LogP contribution is 2.19. The summed E-state index contributed by atoms with van der Waals surface area (Å²) in [5.41, 5.74) is 0.996. The van der Waals surface area contributed by atoms with Gasteiger partial charge in [0.25, 0.3) is 0 Å². The van der Waals surface area contributed by atoms with Crippen molar-refractivity contribution < 1.29 is 8.42 Å². The largest absolute Gasteiger partial charge is 0.346 e. The van der Waals surface area contributed by atoms with Gasteiger partial charge in [0, 0.05) is 31.0 Å². The Kier molecular flexibility index (Phi) is 6.90. The highest BCUT2D eigenvalue weighted by Gasteiger charge is 2.19. The molecule has 0 atom stereocenters. The van der Waals surface area contributed by atoms with Crippen LogP contribution in [-0.2, 0) is 16.6 Å². The van der Waals surface area contributed by atoms with Gasteiger partial charge in [-0.2, -0.15) is 0 Å². The molecule has 0 amide bonds. The molecule has 0 saturated carbocycles. The molecule has 0 aromatic carbocycles. The van der Waals surface area contributed by atoms with Crippen LogP contribution in [0.5, 0.6) is 0 Å². The Hall–Kier alpha value is -0.850. The van der Waals surface area contributed by atoms with Gasteiger partial charge in [0.15, 0.2) is 0 Å². The summed E-state index contributed by atoms with van der Waals surface area (Å²) in [5, 5.41) is 3.25. The normalized spacial score (nSPS) is 12.5. The van der Waals surface area contributed by atoms with E-state index in [2.05, 4.69) is 37.7 Å². The van der Waals surface area contributed by atoms with E-state index in [0.717, 1.165) is 18.7 Å². The highest BCUT2D eigenvalue weighted by atomic mass is 32.2. The van der Waals surface area contributed by atoms with Gasteiger partial charge in [0.05, 0.1) is 4.90 Å². The molecule has 1 heterocycles. The van der Waals surface area contributed by atoms with Gasteiger partial charge in [-0.25, -0.2) is 13.1 Å². The quantitative estimate of drug-likeness (QED) is 0.736. The molecule has 1 rings (SSSR count). The van der Waals surface area contributed by atoms with Crippen molar-refractivity contribution >= 4 is 10.0 Å². The van der Waals surface area contributed by atoms with Crippen molar-refractivity contribution in [2.24, 2.45) is 5.92 Å². The lowest BCUT2D eigenvalue weighted by atomic mass is 10.1. The SMILES string of the molecule is CCNCc1cc(S(=O)(=O)NCCC(C)C)cn1C(C)C. The van der Waals surface area contributed by atoms with Gasteiger partial charge in [-0.05, 0) is 38.8 Å². The summed E-state index contributed by atoms with van der Waals surface area (Å²) >= 11 is 0. The summed E-state index contributed by atoms with van der Waals surface area (Å²) in [6, 6.07) is 2.00. The van der Waals surface area contributed by atoms with Crippen molar-refractivity contribution in [1.82, 2.24) is 14.6 Å². The van der Waals surface area contributed by atoms with Crippen molar-refractivity contribution in [3.8, 4) is 0 Å². The Morgan fingerprint density at radius 3 is 2.43 bits per heavy atom. The fourth-order valence-corrected chi connectivity index (χ4v) is 3.18. The molecule has 0 aliphatic heterocycles. The first kappa shape index (κ1) is 18.2. The van der Waals surface area contributed by atoms with Crippen LogP contribution in [0, 0.1) is 5.92 Å². The summed E-state index contributed by atoms with van der Waals surface area (Å²) in [7, 11) is -3.41. The van der Waals surface area contributed by atoms with E-state index in [1.54, 1.807) is 12.3 Å². The molecule has 21 heavy (non-hydrogen) atoms. The number of hydrogen-bond donors (Lipinski definition) is 2. The molecular weight excluding hydrogens is 286 g/mol. The Bertz CT molecular complexity index is 533. The third-order valence-electron chi connectivity index (χ3n) is 3.34. The van der Waals surface area contributed by atoms with Crippen molar-refractivity contribution in [2.45, 2.75) is 58.5 Å². The molecule has 0 spiro atoms. The number of aromatic nitrogens is 1. The molecule has 122 valence electrons. The number of rotatable bonds is 9. The van der Waals surface area contributed by atoms with E-state index in [9.17, 15) is 8.42 Å². The van der Waals surface area contributed by atoms with Crippen molar-refractivity contribution in [2.75, 3.05) is 13.1 Å². The standard InChI is InChI=1S/C15H29N3O2S/c1-6-16-10-14-9-15(11-18(14)13(4)5)21(19,20)17-8-7-12(2)3/h9,11-13,16-17H,6-8,10H2,1-5H3. The van der Waals surface area contributed by atoms with E-state index in [-0.39, 0.29) is 6.04 Å². The van der Waals surface area contributed by atoms with Crippen LogP contribution in [0.4, 0.5) is 0 Å². The number of nitrogens with zero attached hydrogens (tertiary/aromatic N) is 1. The second-order valence-electron chi connectivity index (χ2n) is 6.03. The van der Waals surface area contributed by atoms with Crippen LogP contribution in [0.25, 0.3) is 0 Å². The van der Waals surface area contributed by atoms with Crippen molar-refractivity contribution in [3.63, 3.8) is 0 Å². The van der Waals surface area contributed by atoms with Crippen LogP contribution < -0.4 is 10.0 Å². The Labute approximate surface area is 129 Å². The van der Waals surface area contributed by atoms with Crippen LogP contribution in [-0.4, -0.2) is 26.1 Å². The van der Waals surface area contributed by atoms with Crippen LogP contribution in [0.15, 0.2) is 17.2 Å². The Morgan fingerprint density at radius 2 is 1.90 bits per heavy atom. The molecule has 0 unspecified atom stereocenters. The molecule has 1 aromatic heterocycles. The van der Waals surface area contributed by atoms with E-state index in [0.29, 0.717) is 23.9 Å². The second-order valence-corrected chi connectivity index (χ2v) is 7.80. The van der Waals surface area contributed by atoms with Gasteiger partial charge in [-0.3, -0.25) is 0 Å². The van der Waals surface area contributed by atoms with Crippen molar-refractivity contribution in [3.05, 3.63) is 18.0 Å². The minimum atomic E-state index is -3.41. The van der Waals surface area contributed by atoms with Crippen LogP contribution in [0.3, 0.4) is 0 Å². The molecule has 0 fully saturated rings. The topological polar surface area (TPSA) is 63.1 Å². The van der Waals surface area contributed by atoms with Crippen LogP contribution in [0.1, 0.15) is 52.8 Å². The number of sulfonamides is 1. The first-order chi connectivity index (χ1) is 9.77. The molecular formula is C15H29N3O2S. The smallest absolute Gasteiger partial charge is 0.242 e. The fraction of sp³-hybridized carbons (Fsp3) is 0.733. The van der Waals surface area contributed by atoms with Gasteiger partial charge in [-0.15, -0.1) is 0 Å². The minimum absolute atomic E-state index is 0.235. The lowest BCUT2D eigenvalue weighted by Crippen LogP contribution is -2.25. The van der Waals surface area contributed by atoms with Crippen molar-refractivity contribution in [1.29, 1.82) is 0 Å². The minimum Gasteiger partial charge on any atom is -0.346 e. The summed E-state index contributed by atoms with van der Waals surface area (Å²) in [4.78, 5) is 0.354. The molecule has 6 heteroatoms. The molecule has 2 N–H and O–H groups in total. The molecule has 1 aromatic rings. The predicted octanol–water partition coefficient (Wildman–Crippen LogP) is 2.50. The zero-order chi connectivity index (χ0) is 16.0. The van der Waals surface area contributed by atoms with E-state index < -0.39 is 10.0 Å². The molecule has 5 nitrogen and oxygen atoms in total. The first-order valence-corrected chi connectivity index (χ1v) is 9.17. The molecule has 0 aliphatic carbocycles. The average molecular weight is 315 g/mol. The van der Waals surface area contributed by atoms with E-state index in [1.807, 2.05) is 11.5 Å². The van der Waals surface area contributed by atoms with Gasteiger partial charge < -0.3 is 9.88 Å². The van der Waals surface area contributed by atoms with Crippen LogP contribution in [0.2, 0.25) is 0 Å². The molecule has 0 saturated heterocycles. The molecule has 0 radical (unpaired) electrons. The zero-order valence-electron chi connectivity index (χ0n) is 13.8. The summed E-state index contributed by atoms with van der Waals surface area (Å²) in [5.74, 6) is 0.484. The maximum Gasteiger partial charge on any atom is 0.242 e. The number of nitrogens with one attached hydrogen (secondary N) is 2. The lowest BCUT2D eigenvalue weighted by molar-refractivity contribution is 0.548. The lowest BCUT2D eigenvalue weighted by Gasteiger charge is -2.12. The third kappa shape index (κ3) is 5.45. The maximum absolute atomic E-state index is 12.3. The van der Waals surface area contributed by atoms with Crippen LogP contribution >= 0.6 is 0 Å². The summed E-state index contributed by atoms with van der Waals surface area (Å²) < 4.78 is 29.4. The Balaban J connectivity index is 2.91. The van der Waals surface area contributed by atoms with Gasteiger partial charge in [-0.1, -0.05) is 20.8 Å². The van der Waals surface area contributed by atoms with E-state index in [1.165, 1.54) is 0 Å². The zero-order valence-corrected chi connectivity index (χ0v) is 14.6. The Morgan fingerprint density at radius 1 is 1.24 bits per heavy atom. The fourth-order valence-electron chi connectivity index (χ4n) is 2.08. The van der Waals surface area contributed by atoms with Gasteiger partial charge in [0.2, 0.25) is 10.0 Å². The van der Waals surface area contributed by atoms with Gasteiger partial charge in [0.1, 0.15) is 0 Å². The first-order valence-electron chi connectivity index (χ1n) is 7.69.